The minimum absolute atomic E-state index is 0.357. The fraction of sp³-hybridized carbons (Fsp3) is 0.320. The number of aryl methyl sites for hydroxylation is 1. The number of nitrogens with zero attached hydrogens (tertiary/aromatic N) is 3. The summed E-state index contributed by atoms with van der Waals surface area (Å²) in [4.78, 5) is 12.8. The Hall–Kier alpha value is -3.81. The van der Waals surface area contributed by atoms with Gasteiger partial charge >= 0.3 is 0 Å². The summed E-state index contributed by atoms with van der Waals surface area (Å²) in [6, 6.07) is 13.1. The van der Waals surface area contributed by atoms with E-state index >= 15 is 0 Å². The van der Waals surface area contributed by atoms with Crippen LogP contribution in [-0.4, -0.2) is 41.7 Å². The standard InChI is InChI=1S/C25H30N4O4/c1-6-31-22-14-19(15-23(32-7-2)24(22)33-8-3)25(30)27-26-16-21-17(4)28-29(18(21)5)20-12-10-9-11-13-20/h9-16H,6-8H2,1-5H3,(H,27,30)/b26-16+. The Labute approximate surface area is 194 Å². The molecule has 0 saturated heterocycles. The molecule has 8 heteroatoms. The molecule has 0 fully saturated rings. The molecule has 0 bridgehead atoms. The van der Waals surface area contributed by atoms with Crippen LogP contribution in [0.5, 0.6) is 17.2 Å². The highest BCUT2D eigenvalue weighted by Crippen LogP contribution is 2.39. The maximum atomic E-state index is 12.8. The van der Waals surface area contributed by atoms with Gasteiger partial charge in [0.2, 0.25) is 5.75 Å². The van der Waals surface area contributed by atoms with Gasteiger partial charge < -0.3 is 14.2 Å². The number of benzene rings is 2. The SMILES string of the molecule is CCOc1cc(C(=O)N/N=C/c2c(C)nn(-c3ccccc3)c2C)cc(OCC)c1OCC. The van der Waals surface area contributed by atoms with Crippen LogP contribution in [0.4, 0.5) is 0 Å². The Morgan fingerprint density at radius 3 is 2.18 bits per heavy atom. The average molecular weight is 451 g/mol. The summed E-state index contributed by atoms with van der Waals surface area (Å²) in [5.41, 5.74) is 6.48. The van der Waals surface area contributed by atoms with Crippen molar-refractivity contribution in [3.05, 3.63) is 65.0 Å². The van der Waals surface area contributed by atoms with Crippen molar-refractivity contribution in [2.75, 3.05) is 19.8 Å². The van der Waals surface area contributed by atoms with Crippen LogP contribution >= 0.6 is 0 Å². The lowest BCUT2D eigenvalue weighted by Crippen LogP contribution is -2.18. The van der Waals surface area contributed by atoms with Crippen LogP contribution < -0.4 is 19.6 Å². The van der Waals surface area contributed by atoms with Gasteiger partial charge in [0, 0.05) is 11.1 Å². The fourth-order valence-corrected chi connectivity index (χ4v) is 3.40. The van der Waals surface area contributed by atoms with Gasteiger partial charge in [0.25, 0.3) is 5.91 Å². The van der Waals surface area contributed by atoms with E-state index in [1.165, 1.54) is 0 Å². The minimum Gasteiger partial charge on any atom is -0.490 e. The second kappa shape index (κ2) is 11.2. The second-order valence-electron chi connectivity index (χ2n) is 7.13. The topological polar surface area (TPSA) is 87.0 Å². The van der Waals surface area contributed by atoms with E-state index in [-0.39, 0.29) is 5.91 Å². The lowest BCUT2D eigenvalue weighted by Gasteiger charge is -2.16. The van der Waals surface area contributed by atoms with E-state index in [0.29, 0.717) is 42.6 Å². The zero-order chi connectivity index (χ0) is 23.8. The molecule has 0 aliphatic rings. The van der Waals surface area contributed by atoms with E-state index in [1.807, 2.05) is 69.6 Å². The third kappa shape index (κ3) is 5.52. The van der Waals surface area contributed by atoms with Crippen LogP contribution in [0.3, 0.4) is 0 Å². The maximum Gasteiger partial charge on any atom is 0.271 e. The monoisotopic (exact) mass is 450 g/mol. The number of carbonyl (C=O) groups excluding carboxylic acids is 1. The van der Waals surface area contributed by atoms with Crippen molar-refractivity contribution in [3.63, 3.8) is 0 Å². The van der Waals surface area contributed by atoms with Crippen molar-refractivity contribution in [1.82, 2.24) is 15.2 Å². The van der Waals surface area contributed by atoms with Gasteiger partial charge in [0.1, 0.15) is 0 Å². The maximum absolute atomic E-state index is 12.8. The summed E-state index contributed by atoms with van der Waals surface area (Å²) in [6.07, 6.45) is 1.61. The average Bonchev–Trinajstić information content (AvgIpc) is 3.10. The number of rotatable bonds is 10. The van der Waals surface area contributed by atoms with Crippen LogP contribution in [0.1, 0.15) is 48.1 Å². The Kier molecular flexibility index (Phi) is 8.07. The lowest BCUT2D eigenvalue weighted by atomic mass is 10.1. The lowest BCUT2D eigenvalue weighted by molar-refractivity contribution is 0.0954. The smallest absolute Gasteiger partial charge is 0.271 e. The number of amides is 1. The van der Waals surface area contributed by atoms with Gasteiger partial charge in [-0.1, -0.05) is 18.2 Å². The van der Waals surface area contributed by atoms with E-state index in [4.69, 9.17) is 14.2 Å². The first kappa shape index (κ1) is 23.8. The number of hydrogen-bond acceptors (Lipinski definition) is 6. The minimum atomic E-state index is -0.387. The first-order chi connectivity index (χ1) is 16.0. The van der Waals surface area contributed by atoms with Crippen molar-refractivity contribution in [1.29, 1.82) is 0 Å². The molecule has 1 aromatic heterocycles. The predicted octanol–water partition coefficient (Wildman–Crippen LogP) is 4.45. The van der Waals surface area contributed by atoms with Gasteiger partial charge in [0.15, 0.2) is 11.5 Å². The number of nitrogens with one attached hydrogen (secondary N) is 1. The highest BCUT2D eigenvalue weighted by molar-refractivity contribution is 5.96. The number of carbonyl (C=O) groups is 1. The van der Waals surface area contributed by atoms with Crippen LogP contribution in [0, 0.1) is 13.8 Å². The number of hydrazone groups is 1. The first-order valence-electron chi connectivity index (χ1n) is 11.0. The number of ether oxygens (including phenoxy) is 3. The summed E-state index contributed by atoms with van der Waals surface area (Å²) in [5.74, 6) is 1.01. The summed E-state index contributed by atoms with van der Waals surface area (Å²) in [7, 11) is 0. The zero-order valence-corrected chi connectivity index (χ0v) is 19.7. The van der Waals surface area contributed by atoms with Crippen molar-refractivity contribution in [2.45, 2.75) is 34.6 Å². The third-order valence-electron chi connectivity index (χ3n) is 4.88. The quantitative estimate of drug-likeness (QED) is 0.364. The highest BCUT2D eigenvalue weighted by atomic mass is 16.5. The molecule has 1 heterocycles. The van der Waals surface area contributed by atoms with Gasteiger partial charge in [-0.15, -0.1) is 0 Å². The summed E-state index contributed by atoms with van der Waals surface area (Å²) < 4.78 is 18.9. The van der Waals surface area contributed by atoms with E-state index in [1.54, 1.807) is 18.3 Å². The van der Waals surface area contributed by atoms with Crippen molar-refractivity contribution < 1.29 is 19.0 Å². The van der Waals surface area contributed by atoms with Crippen LogP contribution in [0.25, 0.3) is 5.69 Å². The molecule has 2 aromatic carbocycles. The molecule has 8 nitrogen and oxygen atoms in total. The molecule has 1 N–H and O–H groups in total. The zero-order valence-electron chi connectivity index (χ0n) is 19.7. The molecular formula is C25H30N4O4. The normalized spacial score (nSPS) is 10.9. The fourth-order valence-electron chi connectivity index (χ4n) is 3.40. The number of para-hydroxylation sites is 1. The van der Waals surface area contributed by atoms with Crippen LogP contribution in [-0.2, 0) is 0 Å². The van der Waals surface area contributed by atoms with Gasteiger partial charge in [-0.2, -0.15) is 10.2 Å². The van der Waals surface area contributed by atoms with E-state index < -0.39 is 0 Å². The molecule has 0 saturated carbocycles. The Morgan fingerprint density at radius 1 is 1.00 bits per heavy atom. The van der Waals surface area contributed by atoms with E-state index in [9.17, 15) is 4.79 Å². The number of aromatic nitrogens is 2. The molecule has 3 rings (SSSR count). The molecular weight excluding hydrogens is 420 g/mol. The molecule has 0 unspecified atom stereocenters. The molecule has 0 radical (unpaired) electrons. The van der Waals surface area contributed by atoms with Gasteiger partial charge in [-0.25, -0.2) is 10.1 Å². The van der Waals surface area contributed by atoms with Crippen molar-refractivity contribution >= 4 is 12.1 Å². The molecule has 0 atom stereocenters. The van der Waals surface area contributed by atoms with Gasteiger partial charge in [-0.3, -0.25) is 4.79 Å². The molecule has 0 aliphatic carbocycles. The van der Waals surface area contributed by atoms with Crippen LogP contribution in [0.15, 0.2) is 47.6 Å². The van der Waals surface area contributed by atoms with Gasteiger partial charge in [-0.05, 0) is 58.9 Å². The largest absolute Gasteiger partial charge is 0.490 e. The summed E-state index contributed by atoms with van der Waals surface area (Å²) in [6.45, 7) is 10.8. The number of hydrogen-bond donors (Lipinski definition) is 1. The Morgan fingerprint density at radius 2 is 1.61 bits per heavy atom. The van der Waals surface area contributed by atoms with E-state index in [0.717, 1.165) is 22.6 Å². The van der Waals surface area contributed by atoms with E-state index in [2.05, 4.69) is 15.6 Å². The second-order valence-corrected chi connectivity index (χ2v) is 7.13. The summed E-state index contributed by atoms with van der Waals surface area (Å²) in [5, 5.41) is 8.76. The third-order valence-corrected chi connectivity index (χ3v) is 4.88. The molecule has 0 aliphatic heterocycles. The predicted molar refractivity (Wildman–Crippen MR) is 128 cm³/mol. The molecule has 33 heavy (non-hydrogen) atoms. The van der Waals surface area contributed by atoms with Crippen molar-refractivity contribution in [3.8, 4) is 22.9 Å². The van der Waals surface area contributed by atoms with Crippen molar-refractivity contribution in [2.24, 2.45) is 5.10 Å². The van der Waals surface area contributed by atoms with Crippen LogP contribution in [0.2, 0.25) is 0 Å². The Bertz CT molecular complexity index is 1100. The van der Waals surface area contributed by atoms with Gasteiger partial charge in [0.05, 0.1) is 43.1 Å². The highest BCUT2D eigenvalue weighted by Gasteiger charge is 2.18. The first-order valence-corrected chi connectivity index (χ1v) is 11.0. The molecule has 3 aromatic rings. The molecule has 0 spiro atoms. The molecule has 174 valence electrons. The Balaban J connectivity index is 1.83. The summed E-state index contributed by atoms with van der Waals surface area (Å²) >= 11 is 0. The molecule has 1 amide bonds.